The van der Waals surface area contributed by atoms with Gasteiger partial charge in [0.25, 0.3) is 0 Å². The quantitative estimate of drug-likeness (QED) is 0.781. The minimum Gasteiger partial charge on any atom is -0.497 e. The summed E-state index contributed by atoms with van der Waals surface area (Å²) >= 11 is 0. The maximum Gasteiger partial charge on any atom is 0.131 e. The van der Waals surface area contributed by atoms with Gasteiger partial charge in [-0.05, 0) is 26.0 Å². The number of nitrogens with one attached hydrogen (secondary N) is 1. The fraction of sp³-hybridized carbons (Fsp3) is 0.467. The van der Waals surface area contributed by atoms with Crippen molar-refractivity contribution in [3.8, 4) is 17.6 Å². The first-order valence-corrected chi connectivity index (χ1v) is 6.19. The first kappa shape index (κ1) is 14.5. The van der Waals surface area contributed by atoms with Crippen molar-refractivity contribution >= 4 is 0 Å². The van der Waals surface area contributed by atoms with Gasteiger partial charge in [0.2, 0.25) is 0 Å². The smallest absolute Gasteiger partial charge is 0.131 e. The Balaban J connectivity index is 2.85. The van der Waals surface area contributed by atoms with Crippen LogP contribution in [0.1, 0.15) is 38.3 Å². The van der Waals surface area contributed by atoms with Crippen LogP contribution in [0.5, 0.6) is 5.75 Å². The second-order valence-corrected chi connectivity index (χ2v) is 3.96. The Hall–Kier alpha value is -1.53. The molecule has 0 aliphatic rings. The Labute approximate surface area is 109 Å². The highest BCUT2D eigenvalue weighted by atomic mass is 19.1. The summed E-state index contributed by atoms with van der Waals surface area (Å²) in [6, 6.07) is 4.99. The standard InChI is InChI=1S/C15H20FNO/c1-4-6-7-8-15(17-5-2)13-10-9-12(18-3)11-14(13)16/h9-11,15,17H,5,7-8H2,1-3H3. The molecule has 3 heteroatoms. The van der Waals surface area contributed by atoms with E-state index >= 15 is 0 Å². The average molecular weight is 249 g/mol. The molecule has 0 radical (unpaired) electrons. The lowest BCUT2D eigenvalue weighted by Crippen LogP contribution is -2.21. The van der Waals surface area contributed by atoms with Crippen LogP contribution in [0.4, 0.5) is 4.39 Å². The molecule has 0 heterocycles. The Morgan fingerprint density at radius 1 is 1.44 bits per heavy atom. The highest BCUT2D eigenvalue weighted by Gasteiger charge is 2.14. The molecule has 0 fully saturated rings. The van der Waals surface area contributed by atoms with E-state index in [0.29, 0.717) is 11.3 Å². The molecule has 0 saturated carbocycles. The summed E-state index contributed by atoms with van der Waals surface area (Å²) < 4.78 is 19.0. The lowest BCUT2D eigenvalue weighted by atomic mass is 10.0. The van der Waals surface area contributed by atoms with Crippen molar-refractivity contribution in [3.05, 3.63) is 29.6 Å². The zero-order chi connectivity index (χ0) is 13.4. The minimum atomic E-state index is -0.232. The Morgan fingerprint density at radius 3 is 2.78 bits per heavy atom. The molecule has 0 saturated heterocycles. The second-order valence-electron chi connectivity index (χ2n) is 3.96. The van der Waals surface area contributed by atoms with Gasteiger partial charge in [0, 0.05) is 24.1 Å². The number of methoxy groups -OCH3 is 1. The average Bonchev–Trinajstić information content (AvgIpc) is 2.38. The molecule has 1 aromatic carbocycles. The molecule has 0 bridgehead atoms. The highest BCUT2D eigenvalue weighted by molar-refractivity contribution is 5.31. The topological polar surface area (TPSA) is 21.3 Å². The summed E-state index contributed by atoms with van der Waals surface area (Å²) in [6.07, 6.45) is 1.57. The summed E-state index contributed by atoms with van der Waals surface area (Å²) in [6.45, 7) is 4.63. The first-order valence-electron chi connectivity index (χ1n) is 6.19. The van der Waals surface area contributed by atoms with E-state index in [1.165, 1.54) is 13.2 Å². The number of benzene rings is 1. The predicted octanol–water partition coefficient (Wildman–Crippen LogP) is 3.29. The summed E-state index contributed by atoms with van der Waals surface area (Å²) in [7, 11) is 1.53. The van der Waals surface area contributed by atoms with Crippen LogP contribution < -0.4 is 10.1 Å². The van der Waals surface area contributed by atoms with E-state index in [9.17, 15) is 4.39 Å². The van der Waals surface area contributed by atoms with E-state index in [1.807, 2.05) is 13.8 Å². The van der Waals surface area contributed by atoms with Crippen molar-refractivity contribution in [2.75, 3.05) is 13.7 Å². The van der Waals surface area contributed by atoms with Gasteiger partial charge in [-0.2, -0.15) is 0 Å². The van der Waals surface area contributed by atoms with Crippen LogP contribution in [0, 0.1) is 17.7 Å². The van der Waals surface area contributed by atoms with E-state index in [4.69, 9.17) is 4.74 Å². The molecule has 1 atom stereocenters. The van der Waals surface area contributed by atoms with Crippen LogP contribution in [0.3, 0.4) is 0 Å². The van der Waals surface area contributed by atoms with Crippen molar-refractivity contribution in [2.24, 2.45) is 0 Å². The van der Waals surface area contributed by atoms with E-state index in [2.05, 4.69) is 17.2 Å². The van der Waals surface area contributed by atoms with Crippen molar-refractivity contribution < 1.29 is 9.13 Å². The third-order valence-corrected chi connectivity index (χ3v) is 2.77. The minimum absolute atomic E-state index is 0.00163. The van der Waals surface area contributed by atoms with Gasteiger partial charge >= 0.3 is 0 Å². The van der Waals surface area contributed by atoms with Crippen molar-refractivity contribution in [1.29, 1.82) is 0 Å². The van der Waals surface area contributed by atoms with E-state index in [0.717, 1.165) is 19.4 Å². The van der Waals surface area contributed by atoms with Gasteiger partial charge in [0.1, 0.15) is 11.6 Å². The van der Waals surface area contributed by atoms with Crippen molar-refractivity contribution in [3.63, 3.8) is 0 Å². The highest BCUT2D eigenvalue weighted by Crippen LogP contribution is 2.24. The molecule has 0 amide bonds. The fourth-order valence-corrected chi connectivity index (χ4v) is 1.87. The lowest BCUT2D eigenvalue weighted by molar-refractivity contribution is 0.408. The third kappa shape index (κ3) is 4.05. The maximum absolute atomic E-state index is 14.0. The van der Waals surface area contributed by atoms with E-state index in [1.54, 1.807) is 12.1 Å². The number of halogens is 1. The molecule has 0 aliphatic heterocycles. The summed E-state index contributed by atoms with van der Waals surface area (Å²) in [4.78, 5) is 0. The second kappa shape index (κ2) is 7.73. The summed E-state index contributed by atoms with van der Waals surface area (Å²) in [5, 5.41) is 3.29. The molecule has 1 N–H and O–H groups in total. The van der Waals surface area contributed by atoms with E-state index < -0.39 is 0 Å². The Bertz CT molecular complexity index is 434. The lowest BCUT2D eigenvalue weighted by Gasteiger charge is -2.18. The van der Waals surface area contributed by atoms with Crippen molar-refractivity contribution in [1.82, 2.24) is 5.32 Å². The molecule has 0 aliphatic carbocycles. The number of rotatable bonds is 6. The molecule has 18 heavy (non-hydrogen) atoms. The number of hydrogen-bond acceptors (Lipinski definition) is 2. The van der Waals surface area contributed by atoms with Gasteiger partial charge in [0.05, 0.1) is 7.11 Å². The molecule has 1 unspecified atom stereocenters. The first-order chi connectivity index (χ1) is 8.72. The molecule has 2 nitrogen and oxygen atoms in total. The Kier molecular flexibility index (Phi) is 6.24. The SMILES string of the molecule is CC#CCCC(NCC)c1ccc(OC)cc1F. The number of ether oxygens (including phenoxy) is 1. The Morgan fingerprint density at radius 2 is 2.22 bits per heavy atom. The maximum atomic E-state index is 14.0. The number of hydrogen-bond donors (Lipinski definition) is 1. The zero-order valence-corrected chi connectivity index (χ0v) is 11.2. The largest absolute Gasteiger partial charge is 0.497 e. The van der Waals surface area contributed by atoms with E-state index in [-0.39, 0.29) is 11.9 Å². The molecule has 98 valence electrons. The van der Waals surface area contributed by atoms with Crippen LogP contribution in [0.15, 0.2) is 18.2 Å². The molecule has 1 rings (SSSR count). The zero-order valence-electron chi connectivity index (χ0n) is 11.2. The van der Waals surface area contributed by atoms with Crippen LogP contribution in [-0.2, 0) is 0 Å². The predicted molar refractivity (Wildman–Crippen MR) is 72.1 cm³/mol. The summed E-state index contributed by atoms with van der Waals surface area (Å²) in [5.74, 6) is 6.18. The van der Waals surface area contributed by atoms with Gasteiger partial charge in [-0.3, -0.25) is 0 Å². The molecule has 0 aromatic heterocycles. The molecule has 1 aromatic rings. The van der Waals surface area contributed by atoms with Crippen LogP contribution >= 0.6 is 0 Å². The summed E-state index contributed by atoms with van der Waals surface area (Å²) in [5.41, 5.74) is 0.676. The fourth-order valence-electron chi connectivity index (χ4n) is 1.87. The monoisotopic (exact) mass is 249 g/mol. The van der Waals surface area contributed by atoms with Gasteiger partial charge in [-0.15, -0.1) is 11.8 Å². The van der Waals surface area contributed by atoms with Crippen LogP contribution in [0.25, 0.3) is 0 Å². The van der Waals surface area contributed by atoms with Gasteiger partial charge in [0.15, 0.2) is 0 Å². The van der Waals surface area contributed by atoms with Crippen LogP contribution in [0.2, 0.25) is 0 Å². The molecular weight excluding hydrogens is 229 g/mol. The molecular formula is C15H20FNO. The van der Waals surface area contributed by atoms with Gasteiger partial charge in [-0.25, -0.2) is 4.39 Å². The molecule has 0 spiro atoms. The third-order valence-electron chi connectivity index (χ3n) is 2.77. The van der Waals surface area contributed by atoms with Gasteiger partial charge in [-0.1, -0.05) is 13.0 Å². The van der Waals surface area contributed by atoms with Crippen molar-refractivity contribution in [2.45, 2.75) is 32.7 Å². The van der Waals surface area contributed by atoms with Gasteiger partial charge < -0.3 is 10.1 Å². The normalized spacial score (nSPS) is 11.6. The van der Waals surface area contributed by atoms with Crippen LogP contribution in [-0.4, -0.2) is 13.7 Å².